The Bertz CT molecular complexity index is 119. The van der Waals surface area contributed by atoms with E-state index in [2.05, 4.69) is 6.92 Å². The van der Waals surface area contributed by atoms with Gasteiger partial charge in [-0.15, -0.1) is 0 Å². The van der Waals surface area contributed by atoms with Crippen molar-refractivity contribution in [1.82, 2.24) is 5.73 Å². The van der Waals surface area contributed by atoms with Crippen molar-refractivity contribution in [2.24, 2.45) is 0 Å². The average molecular weight is 184 g/mol. The molecule has 0 saturated heterocycles. The number of hydrogen-bond acceptors (Lipinski definition) is 1. The van der Waals surface area contributed by atoms with Gasteiger partial charge < -0.3 is 4.74 Å². The standard InChI is InChI=1S/C11H22NO/c1-2-3-4-9-13-11-7-5-10(12)6-8-11/h10-12H,2-9H2,1H3. The maximum absolute atomic E-state index is 7.55. The van der Waals surface area contributed by atoms with Crippen LogP contribution in [0.3, 0.4) is 0 Å². The zero-order valence-corrected chi connectivity index (χ0v) is 8.72. The minimum Gasteiger partial charge on any atom is -0.378 e. The number of rotatable bonds is 5. The molecule has 1 rings (SSSR count). The molecule has 1 radical (unpaired) electrons. The Balaban J connectivity index is 1.96. The summed E-state index contributed by atoms with van der Waals surface area (Å²) in [6.45, 7) is 3.15. The van der Waals surface area contributed by atoms with Crippen LogP contribution in [-0.4, -0.2) is 18.8 Å². The normalized spacial score (nSPS) is 29.1. The Labute approximate surface area is 81.8 Å². The molecule has 1 saturated carbocycles. The highest BCUT2D eigenvalue weighted by Crippen LogP contribution is 2.20. The van der Waals surface area contributed by atoms with E-state index in [0.29, 0.717) is 6.10 Å². The van der Waals surface area contributed by atoms with Gasteiger partial charge in [-0.25, -0.2) is 0 Å². The third kappa shape index (κ3) is 4.63. The quantitative estimate of drug-likeness (QED) is 0.605. The van der Waals surface area contributed by atoms with E-state index in [1.54, 1.807) is 0 Å². The molecule has 0 amide bonds. The lowest BCUT2D eigenvalue weighted by atomic mass is 9.94. The van der Waals surface area contributed by atoms with Gasteiger partial charge in [0.2, 0.25) is 0 Å². The maximum Gasteiger partial charge on any atom is 0.0576 e. The van der Waals surface area contributed by atoms with Crippen LogP contribution < -0.4 is 5.73 Å². The second-order valence-electron chi connectivity index (χ2n) is 4.05. The Morgan fingerprint density at radius 1 is 1.15 bits per heavy atom. The third-order valence-corrected chi connectivity index (χ3v) is 2.78. The van der Waals surface area contributed by atoms with Crippen molar-refractivity contribution in [3.8, 4) is 0 Å². The van der Waals surface area contributed by atoms with Crippen molar-refractivity contribution in [3.63, 3.8) is 0 Å². The molecule has 0 spiro atoms. The van der Waals surface area contributed by atoms with Crippen LogP contribution in [0.1, 0.15) is 51.9 Å². The summed E-state index contributed by atoms with van der Waals surface area (Å²) in [5.41, 5.74) is 7.55. The average Bonchev–Trinajstić information content (AvgIpc) is 2.15. The summed E-state index contributed by atoms with van der Waals surface area (Å²) in [5, 5.41) is 0. The number of hydrogen-bond donors (Lipinski definition) is 0. The lowest BCUT2D eigenvalue weighted by molar-refractivity contribution is 0.0228. The Morgan fingerprint density at radius 3 is 2.46 bits per heavy atom. The molecule has 0 aromatic heterocycles. The highest BCUT2D eigenvalue weighted by Gasteiger charge is 2.18. The van der Waals surface area contributed by atoms with Gasteiger partial charge >= 0.3 is 0 Å². The molecule has 2 heteroatoms. The molecule has 1 N–H and O–H groups in total. The summed E-state index contributed by atoms with van der Waals surface area (Å²) in [5.74, 6) is 0. The van der Waals surface area contributed by atoms with E-state index in [1.807, 2.05) is 0 Å². The molecule has 13 heavy (non-hydrogen) atoms. The molecule has 0 aromatic carbocycles. The van der Waals surface area contributed by atoms with E-state index >= 15 is 0 Å². The minimum absolute atomic E-state index is 0.190. The van der Waals surface area contributed by atoms with Gasteiger partial charge in [0.1, 0.15) is 0 Å². The highest BCUT2D eigenvalue weighted by atomic mass is 16.5. The van der Waals surface area contributed by atoms with Crippen LogP contribution in [0, 0.1) is 0 Å². The lowest BCUT2D eigenvalue weighted by Gasteiger charge is -2.25. The van der Waals surface area contributed by atoms with E-state index in [9.17, 15) is 0 Å². The summed E-state index contributed by atoms with van der Waals surface area (Å²) in [7, 11) is 0. The molecule has 1 aliphatic carbocycles. The minimum atomic E-state index is 0.190. The van der Waals surface area contributed by atoms with E-state index in [4.69, 9.17) is 10.5 Å². The molecule has 0 aromatic rings. The van der Waals surface area contributed by atoms with Gasteiger partial charge in [-0.3, -0.25) is 5.73 Å². The molecular formula is C11H22NO. The van der Waals surface area contributed by atoms with Crippen molar-refractivity contribution in [3.05, 3.63) is 0 Å². The Morgan fingerprint density at radius 2 is 1.85 bits per heavy atom. The first-order valence-electron chi connectivity index (χ1n) is 5.65. The fourth-order valence-electron chi connectivity index (χ4n) is 1.83. The van der Waals surface area contributed by atoms with Crippen LogP contribution in [-0.2, 0) is 4.74 Å². The van der Waals surface area contributed by atoms with Gasteiger partial charge in [0.05, 0.1) is 6.10 Å². The fraction of sp³-hybridized carbons (Fsp3) is 1.00. The molecule has 0 unspecified atom stereocenters. The Kier molecular flexibility index (Phi) is 5.40. The predicted octanol–water partition coefficient (Wildman–Crippen LogP) is 2.79. The number of unbranched alkanes of at least 4 members (excludes halogenated alkanes) is 2. The van der Waals surface area contributed by atoms with Crippen molar-refractivity contribution in [2.75, 3.05) is 6.61 Å². The van der Waals surface area contributed by atoms with Crippen LogP contribution in [0.5, 0.6) is 0 Å². The van der Waals surface area contributed by atoms with Gasteiger partial charge in [-0.05, 0) is 32.1 Å². The lowest BCUT2D eigenvalue weighted by Crippen LogP contribution is -2.25. The van der Waals surface area contributed by atoms with Gasteiger partial charge in [-0.1, -0.05) is 19.8 Å². The van der Waals surface area contributed by atoms with E-state index < -0.39 is 0 Å². The van der Waals surface area contributed by atoms with Crippen molar-refractivity contribution < 1.29 is 4.74 Å². The zero-order valence-electron chi connectivity index (χ0n) is 8.72. The van der Waals surface area contributed by atoms with Crippen LogP contribution in [0.25, 0.3) is 0 Å². The first-order chi connectivity index (χ1) is 6.33. The van der Waals surface area contributed by atoms with Crippen LogP contribution in [0.15, 0.2) is 0 Å². The van der Waals surface area contributed by atoms with E-state index in [-0.39, 0.29) is 6.04 Å². The molecule has 2 nitrogen and oxygen atoms in total. The maximum atomic E-state index is 7.55. The second kappa shape index (κ2) is 6.39. The van der Waals surface area contributed by atoms with Gasteiger partial charge in [0, 0.05) is 12.6 Å². The summed E-state index contributed by atoms with van der Waals surface area (Å²) >= 11 is 0. The smallest absolute Gasteiger partial charge is 0.0576 e. The van der Waals surface area contributed by atoms with Crippen molar-refractivity contribution in [1.29, 1.82) is 0 Å². The molecule has 1 aliphatic rings. The summed E-state index contributed by atoms with van der Waals surface area (Å²) in [6.07, 6.45) is 8.53. The third-order valence-electron chi connectivity index (χ3n) is 2.78. The largest absolute Gasteiger partial charge is 0.378 e. The fourth-order valence-corrected chi connectivity index (χ4v) is 1.83. The molecule has 77 valence electrons. The Hall–Kier alpha value is -0.0800. The summed E-state index contributed by atoms with van der Waals surface area (Å²) in [4.78, 5) is 0. The molecule has 0 atom stereocenters. The first kappa shape index (κ1) is 11.0. The van der Waals surface area contributed by atoms with Crippen molar-refractivity contribution in [2.45, 2.75) is 64.0 Å². The molecular weight excluding hydrogens is 162 g/mol. The SMILES string of the molecule is CCCCCOC1CCC([NH])CC1. The second-order valence-corrected chi connectivity index (χ2v) is 4.05. The van der Waals surface area contributed by atoms with E-state index in [0.717, 1.165) is 32.3 Å². The van der Waals surface area contributed by atoms with E-state index in [1.165, 1.54) is 19.3 Å². The van der Waals surface area contributed by atoms with Crippen LogP contribution in [0.4, 0.5) is 0 Å². The zero-order chi connectivity index (χ0) is 9.52. The topological polar surface area (TPSA) is 33.0 Å². The highest BCUT2D eigenvalue weighted by molar-refractivity contribution is 4.73. The van der Waals surface area contributed by atoms with Crippen LogP contribution >= 0.6 is 0 Å². The molecule has 0 heterocycles. The predicted molar refractivity (Wildman–Crippen MR) is 54.6 cm³/mol. The molecule has 0 aliphatic heterocycles. The van der Waals surface area contributed by atoms with Gasteiger partial charge in [-0.2, -0.15) is 0 Å². The summed E-state index contributed by atoms with van der Waals surface area (Å²) < 4.78 is 5.75. The van der Waals surface area contributed by atoms with Crippen LogP contribution in [0.2, 0.25) is 0 Å². The van der Waals surface area contributed by atoms with Crippen molar-refractivity contribution >= 4 is 0 Å². The monoisotopic (exact) mass is 184 g/mol. The van der Waals surface area contributed by atoms with Gasteiger partial charge in [0.15, 0.2) is 0 Å². The first-order valence-corrected chi connectivity index (χ1v) is 5.65. The number of nitrogens with one attached hydrogen (secondary N) is 1. The molecule has 0 bridgehead atoms. The molecule has 1 fully saturated rings. The van der Waals surface area contributed by atoms with Gasteiger partial charge in [0.25, 0.3) is 0 Å². The summed E-state index contributed by atoms with van der Waals surface area (Å²) in [6, 6.07) is 0.190. The number of ether oxygens (including phenoxy) is 1.